The van der Waals surface area contributed by atoms with Gasteiger partial charge in [-0.15, -0.1) is 0 Å². The van der Waals surface area contributed by atoms with E-state index in [-0.39, 0.29) is 6.09 Å². The van der Waals surface area contributed by atoms with Crippen LogP contribution in [0.25, 0.3) is 16.8 Å². The fraction of sp³-hybridized carbons (Fsp3) is 0.524. The molecule has 0 radical (unpaired) electrons. The third kappa shape index (κ3) is 4.62. The molecule has 0 aromatic carbocycles. The third-order valence-electron chi connectivity index (χ3n) is 5.08. The van der Waals surface area contributed by atoms with Gasteiger partial charge in [-0.25, -0.2) is 14.3 Å². The smallest absolute Gasteiger partial charge is 0.410 e. The van der Waals surface area contributed by atoms with E-state index in [2.05, 4.69) is 15.1 Å². The zero-order valence-corrected chi connectivity index (χ0v) is 18.1. The molecule has 1 fully saturated rings. The monoisotopic (exact) mass is 411 g/mol. The molecule has 160 valence electrons. The largest absolute Gasteiger partial charge is 0.444 e. The summed E-state index contributed by atoms with van der Waals surface area (Å²) in [4.78, 5) is 21.5. The Kier molecular flexibility index (Phi) is 5.46. The van der Waals surface area contributed by atoms with Crippen molar-refractivity contribution in [3.63, 3.8) is 0 Å². The quantitative estimate of drug-likeness (QED) is 0.659. The van der Waals surface area contributed by atoms with Crippen molar-refractivity contribution >= 4 is 11.6 Å². The first-order chi connectivity index (χ1) is 14.3. The molecule has 1 saturated heterocycles. The molecular weight excluding hydrogens is 382 g/mol. The molecule has 3 aromatic heterocycles. The lowest BCUT2D eigenvalue weighted by molar-refractivity contribution is 0.0257. The minimum absolute atomic E-state index is 0.237. The summed E-state index contributed by atoms with van der Waals surface area (Å²) in [7, 11) is 1.89. The van der Waals surface area contributed by atoms with E-state index in [1.807, 2.05) is 57.0 Å². The van der Waals surface area contributed by atoms with Crippen LogP contribution in [-0.4, -0.2) is 72.1 Å². The molecule has 9 nitrogen and oxygen atoms in total. The number of nitrogens with zero attached hydrogens (tertiary/aromatic N) is 7. The summed E-state index contributed by atoms with van der Waals surface area (Å²) in [6.07, 6.45) is 8.15. The first-order valence-corrected chi connectivity index (χ1v) is 10.3. The number of hydrogen-bond acceptors (Lipinski definition) is 6. The van der Waals surface area contributed by atoms with Crippen molar-refractivity contribution in [2.24, 2.45) is 7.05 Å². The van der Waals surface area contributed by atoms with E-state index in [1.54, 1.807) is 15.8 Å². The van der Waals surface area contributed by atoms with Crippen molar-refractivity contribution in [3.8, 4) is 11.3 Å². The molecule has 4 heterocycles. The minimum Gasteiger partial charge on any atom is -0.444 e. The Hall–Kier alpha value is -2.94. The molecule has 1 amide bonds. The van der Waals surface area contributed by atoms with Crippen molar-refractivity contribution < 1.29 is 9.53 Å². The molecule has 0 atom stereocenters. The number of ether oxygens (including phenoxy) is 1. The molecule has 0 bridgehead atoms. The lowest BCUT2D eigenvalue weighted by Gasteiger charge is -2.26. The Labute approximate surface area is 176 Å². The van der Waals surface area contributed by atoms with Crippen LogP contribution in [0, 0.1) is 0 Å². The molecule has 0 aliphatic carbocycles. The van der Waals surface area contributed by atoms with Gasteiger partial charge in [-0.3, -0.25) is 9.58 Å². The Bertz CT molecular complexity index is 1030. The highest BCUT2D eigenvalue weighted by molar-refractivity contribution is 5.68. The highest BCUT2D eigenvalue weighted by Gasteiger charge is 2.25. The Morgan fingerprint density at radius 1 is 1.13 bits per heavy atom. The molecule has 1 aliphatic rings. The lowest BCUT2D eigenvalue weighted by Crippen LogP contribution is -2.39. The number of hydrogen-bond donors (Lipinski definition) is 0. The van der Waals surface area contributed by atoms with Crippen LogP contribution in [0.5, 0.6) is 0 Å². The second-order valence-corrected chi connectivity index (χ2v) is 8.73. The number of aryl methyl sites for hydroxylation is 1. The van der Waals surface area contributed by atoms with Crippen molar-refractivity contribution in [3.05, 3.63) is 36.5 Å². The highest BCUT2D eigenvalue weighted by Crippen LogP contribution is 2.21. The van der Waals surface area contributed by atoms with Gasteiger partial charge in [0.05, 0.1) is 35.5 Å². The fourth-order valence-corrected chi connectivity index (χ4v) is 3.65. The summed E-state index contributed by atoms with van der Waals surface area (Å²) in [5.74, 6) is 0. The number of rotatable bonds is 3. The van der Waals surface area contributed by atoms with E-state index in [9.17, 15) is 4.79 Å². The highest BCUT2D eigenvalue weighted by atomic mass is 16.6. The van der Waals surface area contributed by atoms with E-state index in [0.29, 0.717) is 19.6 Å². The van der Waals surface area contributed by atoms with Crippen LogP contribution in [0.2, 0.25) is 0 Å². The summed E-state index contributed by atoms with van der Waals surface area (Å²) in [6.45, 7) is 9.41. The molecule has 0 saturated carbocycles. The van der Waals surface area contributed by atoms with Gasteiger partial charge in [0, 0.05) is 51.5 Å². The summed E-state index contributed by atoms with van der Waals surface area (Å²) in [5.41, 5.74) is 3.30. The molecular formula is C21H29N7O2. The van der Waals surface area contributed by atoms with Crippen molar-refractivity contribution in [2.75, 3.05) is 26.2 Å². The van der Waals surface area contributed by atoms with Crippen LogP contribution in [0.3, 0.4) is 0 Å². The first kappa shape index (κ1) is 20.3. The third-order valence-corrected chi connectivity index (χ3v) is 5.08. The number of aromatic nitrogens is 5. The van der Waals surface area contributed by atoms with Crippen LogP contribution >= 0.6 is 0 Å². The number of amides is 1. The summed E-state index contributed by atoms with van der Waals surface area (Å²) < 4.78 is 9.18. The van der Waals surface area contributed by atoms with Gasteiger partial charge in [-0.05, 0) is 33.3 Å². The van der Waals surface area contributed by atoms with Crippen LogP contribution in [-0.2, 0) is 18.3 Å². The first-order valence-electron chi connectivity index (χ1n) is 10.3. The number of carbonyl (C=O) groups excluding carboxylic acids is 1. The maximum absolute atomic E-state index is 12.4. The predicted molar refractivity (Wildman–Crippen MR) is 113 cm³/mol. The lowest BCUT2D eigenvalue weighted by atomic mass is 10.2. The molecule has 0 spiro atoms. The van der Waals surface area contributed by atoms with Crippen molar-refractivity contribution in [1.29, 1.82) is 0 Å². The Morgan fingerprint density at radius 2 is 1.97 bits per heavy atom. The van der Waals surface area contributed by atoms with Gasteiger partial charge in [0.25, 0.3) is 0 Å². The SMILES string of the molecule is Cn1cc(-c2cn3nccc3c(CN3CCCN(C(=O)OC(C)(C)C)CC3)n2)cn1. The van der Waals surface area contributed by atoms with E-state index >= 15 is 0 Å². The van der Waals surface area contributed by atoms with E-state index in [1.165, 1.54) is 0 Å². The Balaban J connectivity index is 1.50. The van der Waals surface area contributed by atoms with Crippen LogP contribution in [0.15, 0.2) is 30.9 Å². The number of carbonyl (C=O) groups is 1. The maximum Gasteiger partial charge on any atom is 0.410 e. The minimum atomic E-state index is -0.479. The predicted octanol–water partition coefficient (Wildman–Crippen LogP) is 2.57. The fourth-order valence-electron chi connectivity index (χ4n) is 3.65. The second kappa shape index (κ2) is 8.06. The van der Waals surface area contributed by atoms with Gasteiger partial charge >= 0.3 is 6.09 Å². The number of fused-ring (bicyclic) bond motifs is 1. The van der Waals surface area contributed by atoms with E-state index < -0.39 is 5.60 Å². The maximum atomic E-state index is 12.4. The van der Waals surface area contributed by atoms with Crippen molar-refractivity contribution in [2.45, 2.75) is 39.3 Å². The molecule has 9 heteroatoms. The van der Waals surface area contributed by atoms with Crippen LogP contribution in [0.1, 0.15) is 32.9 Å². The van der Waals surface area contributed by atoms with E-state index in [4.69, 9.17) is 9.72 Å². The summed E-state index contributed by atoms with van der Waals surface area (Å²) in [5, 5.41) is 8.67. The zero-order chi connectivity index (χ0) is 21.3. The van der Waals surface area contributed by atoms with Gasteiger partial charge in [0.2, 0.25) is 0 Å². The zero-order valence-electron chi connectivity index (χ0n) is 18.1. The molecule has 3 aromatic rings. The van der Waals surface area contributed by atoms with Gasteiger partial charge in [0.15, 0.2) is 0 Å². The molecule has 0 N–H and O–H groups in total. The topological polar surface area (TPSA) is 80.8 Å². The van der Waals surface area contributed by atoms with E-state index in [0.717, 1.165) is 42.0 Å². The summed E-state index contributed by atoms with van der Waals surface area (Å²) >= 11 is 0. The van der Waals surface area contributed by atoms with Gasteiger partial charge in [-0.2, -0.15) is 10.2 Å². The average molecular weight is 412 g/mol. The average Bonchev–Trinajstić information content (AvgIpc) is 3.25. The van der Waals surface area contributed by atoms with Crippen LogP contribution < -0.4 is 0 Å². The summed E-state index contributed by atoms with van der Waals surface area (Å²) in [6, 6.07) is 1.99. The standard InChI is InChI=1S/C21H29N7O2/c1-21(2,3)30-20(29)27-9-5-8-26(10-11-27)14-18-19-6-7-22-28(19)15-17(24-18)16-12-23-25(4)13-16/h6-7,12-13,15H,5,8-11,14H2,1-4H3. The van der Waals surface area contributed by atoms with Gasteiger partial charge < -0.3 is 9.64 Å². The molecule has 4 rings (SSSR count). The molecule has 1 aliphatic heterocycles. The van der Waals surface area contributed by atoms with Crippen LogP contribution in [0.4, 0.5) is 4.79 Å². The van der Waals surface area contributed by atoms with Gasteiger partial charge in [-0.1, -0.05) is 0 Å². The van der Waals surface area contributed by atoms with Gasteiger partial charge in [0.1, 0.15) is 5.60 Å². The Morgan fingerprint density at radius 3 is 2.70 bits per heavy atom. The van der Waals surface area contributed by atoms with Crippen molar-refractivity contribution in [1.82, 2.24) is 34.2 Å². The molecule has 30 heavy (non-hydrogen) atoms. The second-order valence-electron chi connectivity index (χ2n) is 8.73. The normalized spacial score (nSPS) is 16.1. The molecule has 0 unspecified atom stereocenters.